The van der Waals surface area contributed by atoms with E-state index in [1.165, 1.54) is 0 Å². The molecular formula is C9H23N3. The summed E-state index contributed by atoms with van der Waals surface area (Å²) in [5.74, 6) is 0. The fourth-order valence-corrected chi connectivity index (χ4v) is 1.03. The fourth-order valence-electron chi connectivity index (χ4n) is 1.03. The average Bonchev–Trinajstić information content (AvgIpc) is 2.03. The topological polar surface area (TPSA) is 27.3 Å². The zero-order valence-electron chi connectivity index (χ0n) is 9.45. The van der Waals surface area contributed by atoms with Crippen LogP contribution < -0.4 is 10.6 Å². The van der Waals surface area contributed by atoms with Crippen LogP contribution in [0.5, 0.6) is 0 Å². The van der Waals surface area contributed by atoms with Crippen LogP contribution in [0.25, 0.3) is 0 Å². The molecule has 0 aromatic rings. The number of rotatable bonds is 4. The predicted octanol–water partition coefficient (Wildman–Crippen LogP) is 0.829. The van der Waals surface area contributed by atoms with Crippen LogP contribution in [-0.4, -0.2) is 37.4 Å². The summed E-state index contributed by atoms with van der Waals surface area (Å²) >= 11 is 0. The van der Waals surface area contributed by atoms with Gasteiger partial charge in [-0.05, 0) is 48.8 Å². The number of nitrogens with zero attached hydrogens (tertiary/aromatic N) is 1. The Morgan fingerprint density at radius 3 is 1.25 bits per heavy atom. The van der Waals surface area contributed by atoms with Crippen molar-refractivity contribution in [2.75, 3.05) is 21.1 Å². The Morgan fingerprint density at radius 1 is 0.833 bits per heavy atom. The lowest BCUT2D eigenvalue weighted by atomic mass is 10.1. The molecule has 0 heterocycles. The number of nitrogens with one attached hydrogen (secondary N) is 2. The highest BCUT2D eigenvalue weighted by Crippen LogP contribution is 2.17. The molecule has 0 rings (SSSR count). The molecule has 0 atom stereocenters. The van der Waals surface area contributed by atoms with Crippen LogP contribution in [0.1, 0.15) is 27.7 Å². The van der Waals surface area contributed by atoms with Crippen molar-refractivity contribution in [3.63, 3.8) is 0 Å². The van der Waals surface area contributed by atoms with E-state index in [-0.39, 0.29) is 11.3 Å². The maximum atomic E-state index is 3.27. The molecule has 0 aliphatic carbocycles. The average molecular weight is 173 g/mol. The van der Waals surface area contributed by atoms with E-state index in [2.05, 4.69) is 50.3 Å². The first-order chi connectivity index (χ1) is 5.28. The zero-order valence-corrected chi connectivity index (χ0v) is 9.45. The Morgan fingerprint density at radius 2 is 1.08 bits per heavy atom. The molecule has 0 aromatic carbocycles. The third-order valence-electron chi connectivity index (χ3n) is 2.90. The summed E-state index contributed by atoms with van der Waals surface area (Å²) < 4.78 is 0. The van der Waals surface area contributed by atoms with E-state index in [0.29, 0.717) is 0 Å². The van der Waals surface area contributed by atoms with Crippen LogP contribution in [-0.2, 0) is 0 Å². The van der Waals surface area contributed by atoms with E-state index in [9.17, 15) is 0 Å². The van der Waals surface area contributed by atoms with E-state index < -0.39 is 0 Å². The second kappa shape index (κ2) is 3.73. The van der Waals surface area contributed by atoms with E-state index in [1.54, 1.807) is 0 Å². The number of hydrogen-bond acceptors (Lipinski definition) is 3. The fraction of sp³-hybridized carbons (Fsp3) is 1.00. The third kappa shape index (κ3) is 2.44. The lowest BCUT2D eigenvalue weighted by molar-refractivity contribution is 0.0105. The Kier molecular flexibility index (Phi) is 3.69. The molecule has 0 saturated heterocycles. The smallest absolute Gasteiger partial charge is 0.0664 e. The first kappa shape index (κ1) is 11.9. The standard InChI is InChI=1S/C9H23N3/c1-8(2,10-5)12(7)9(3,4)11-6/h10-11H,1-7H3. The van der Waals surface area contributed by atoms with Gasteiger partial charge in [-0.15, -0.1) is 0 Å². The summed E-state index contributed by atoms with van der Waals surface area (Å²) in [5, 5.41) is 6.53. The quantitative estimate of drug-likeness (QED) is 0.617. The van der Waals surface area contributed by atoms with Crippen LogP contribution >= 0.6 is 0 Å². The summed E-state index contributed by atoms with van der Waals surface area (Å²) in [5.41, 5.74) is 0.0129. The molecule has 0 radical (unpaired) electrons. The molecular weight excluding hydrogens is 150 g/mol. The second-order valence-corrected chi connectivity index (χ2v) is 4.18. The summed E-state index contributed by atoms with van der Waals surface area (Å²) in [6.07, 6.45) is 0. The van der Waals surface area contributed by atoms with E-state index >= 15 is 0 Å². The summed E-state index contributed by atoms with van der Waals surface area (Å²) in [4.78, 5) is 2.26. The van der Waals surface area contributed by atoms with Gasteiger partial charge in [-0.2, -0.15) is 0 Å². The van der Waals surface area contributed by atoms with Gasteiger partial charge in [-0.3, -0.25) is 4.90 Å². The van der Waals surface area contributed by atoms with Crippen molar-refractivity contribution < 1.29 is 0 Å². The van der Waals surface area contributed by atoms with Crippen LogP contribution in [0, 0.1) is 0 Å². The molecule has 12 heavy (non-hydrogen) atoms. The molecule has 0 amide bonds. The van der Waals surface area contributed by atoms with Crippen molar-refractivity contribution >= 4 is 0 Å². The molecule has 3 nitrogen and oxygen atoms in total. The summed E-state index contributed by atoms with van der Waals surface area (Å²) in [7, 11) is 6.05. The minimum Gasteiger partial charge on any atom is -0.303 e. The Hall–Kier alpha value is -0.120. The molecule has 74 valence electrons. The maximum absolute atomic E-state index is 3.27. The van der Waals surface area contributed by atoms with Gasteiger partial charge in [0.25, 0.3) is 0 Å². The largest absolute Gasteiger partial charge is 0.303 e. The van der Waals surface area contributed by atoms with Crippen molar-refractivity contribution in [3.8, 4) is 0 Å². The summed E-state index contributed by atoms with van der Waals surface area (Å²) in [6, 6.07) is 0. The highest BCUT2D eigenvalue weighted by atomic mass is 15.4. The number of hydrogen-bond donors (Lipinski definition) is 2. The third-order valence-corrected chi connectivity index (χ3v) is 2.90. The lowest BCUT2D eigenvalue weighted by Gasteiger charge is -2.46. The Labute approximate surface area is 76.5 Å². The molecule has 0 fully saturated rings. The van der Waals surface area contributed by atoms with Gasteiger partial charge in [0.15, 0.2) is 0 Å². The Bertz CT molecular complexity index is 125. The first-order valence-electron chi connectivity index (χ1n) is 4.39. The van der Waals surface area contributed by atoms with Crippen molar-refractivity contribution in [2.24, 2.45) is 0 Å². The molecule has 0 aromatic heterocycles. The van der Waals surface area contributed by atoms with Crippen molar-refractivity contribution in [2.45, 2.75) is 39.0 Å². The Balaban J connectivity index is 4.47. The molecule has 0 aliphatic heterocycles. The lowest BCUT2D eigenvalue weighted by Crippen LogP contribution is -2.63. The highest BCUT2D eigenvalue weighted by molar-refractivity contribution is 4.84. The second-order valence-electron chi connectivity index (χ2n) is 4.18. The minimum atomic E-state index is 0.00646. The van der Waals surface area contributed by atoms with Gasteiger partial charge < -0.3 is 10.6 Å². The maximum Gasteiger partial charge on any atom is 0.0664 e. The van der Waals surface area contributed by atoms with Gasteiger partial charge in [0.2, 0.25) is 0 Å². The SMILES string of the molecule is CNC(C)(C)N(C)C(C)(C)NC. The van der Waals surface area contributed by atoms with Crippen LogP contribution in [0.15, 0.2) is 0 Å². The molecule has 0 unspecified atom stereocenters. The predicted molar refractivity (Wildman–Crippen MR) is 54.0 cm³/mol. The normalized spacial score (nSPS) is 14.0. The van der Waals surface area contributed by atoms with E-state index in [4.69, 9.17) is 0 Å². The van der Waals surface area contributed by atoms with Gasteiger partial charge in [-0.1, -0.05) is 0 Å². The first-order valence-corrected chi connectivity index (χ1v) is 4.39. The van der Waals surface area contributed by atoms with Crippen molar-refractivity contribution in [1.29, 1.82) is 0 Å². The van der Waals surface area contributed by atoms with Gasteiger partial charge in [0.05, 0.1) is 11.3 Å². The molecule has 0 aliphatic rings. The van der Waals surface area contributed by atoms with Crippen LogP contribution in [0.2, 0.25) is 0 Å². The summed E-state index contributed by atoms with van der Waals surface area (Å²) in [6.45, 7) is 8.64. The van der Waals surface area contributed by atoms with E-state index in [0.717, 1.165) is 0 Å². The molecule has 3 heteroatoms. The van der Waals surface area contributed by atoms with Gasteiger partial charge >= 0.3 is 0 Å². The monoisotopic (exact) mass is 173 g/mol. The minimum absolute atomic E-state index is 0.00646. The van der Waals surface area contributed by atoms with Crippen LogP contribution in [0.3, 0.4) is 0 Å². The van der Waals surface area contributed by atoms with Gasteiger partial charge in [0, 0.05) is 0 Å². The molecule has 0 saturated carbocycles. The van der Waals surface area contributed by atoms with E-state index in [1.807, 2.05) is 14.1 Å². The highest BCUT2D eigenvalue weighted by Gasteiger charge is 2.32. The molecule has 0 bridgehead atoms. The van der Waals surface area contributed by atoms with Crippen molar-refractivity contribution in [1.82, 2.24) is 15.5 Å². The molecule has 0 spiro atoms. The molecule has 2 N–H and O–H groups in total. The van der Waals surface area contributed by atoms with Gasteiger partial charge in [-0.25, -0.2) is 0 Å². The zero-order chi connectivity index (χ0) is 9.99. The van der Waals surface area contributed by atoms with Gasteiger partial charge in [0.1, 0.15) is 0 Å². The van der Waals surface area contributed by atoms with Crippen molar-refractivity contribution in [3.05, 3.63) is 0 Å². The van der Waals surface area contributed by atoms with Crippen LogP contribution in [0.4, 0.5) is 0 Å².